The Labute approximate surface area is 114 Å². The molecule has 8 heteroatoms. The molecular weight excluding hydrogens is 268 g/mol. The first-order valence-corrected chi connectivity index (χ1v) is 5.88. The highest BCUT2D eigenvalue weighted by molar-refractivity contribution is 5.98. The van der Waals surface area contributed by atoms with E-state index in [0.717, 1.165) is 12.1 Å². The van der Waals surface area contributed by atoms with Crippen molar-refractivity contribution in [1.82, 2.24) is 5.48 Å². The zero-order chi connectivity index (χ0) is 15.1. The van der Waals surface area contributed by atoms with Gasteiger partial charge in [-0.05, 0) is 19.9 Å². The summed E-state index contributed by atoms with van der Waals surface area (Å²) in [4.78, 5) is 38.1. The molecule has 0 saturated carbocycles. The minimum Gasteiger partial charge on any atom is -0.462 e. The van der Waals surface area contributed by atoms with Gasteiger partial charge >= 0.3 is 5.97 Å². The van der Waals surface area contributed by atoms with E-state index in [2.05, 4.69) is 5.48 Å². The second-order valence-corrected chi connectivity index (χ2v) is 3.61. The number of carbonyl (C=O) groups excluding carboxylic acids is 2. The van der Waals surface area contributed by atoms with Crippen molar-refractivity contribution in [2.75, 3.05) is 13.2 Å². The third kappa shape index (κ3) is 4.02. The van der Waals surface area contributed by atoms with Gasteiger partial charge in [-0.15, -0.1) is 0 Å². The van der Waals surface area contributed by atoms with Crippen LogP contribution in [0.4, 0.5) is 5.69 Å². The number of nitro groups is 1. The number of nitrogens with one attached hydrogen (secondary N) is 1. The Hall–Kier alpha value is -2.48. The maximum atomic E-state index is 11.7. The lowest BCUT2D eigenvalue weighted by Crippen LogP contribution is -2.24. The first-order chi connectivity index (χ1) is 9.49. The van der Waals surface area contributed by atoms with Crippen molar-refractivity contribution < 1.29 is 24.1 Å². The first-order valence-electron chi connectivity index (χ1n) is 5.88. The molecule has 0 bridgehead atoms. The van der Waals surface area contributed by atoms with Crippen LogP contribution in [0, 0.1) is 10.1 Å². The average molecular weight is 282 g/mol. The molecule has 1 aromatic carbocycles. The number of carbonyl (C=O) groups is 2. The topological polar surface area (TPSA) is 108 Å². The molecule has 0 aliphatic heterocycles. The van der Waals surface area contributed by atoms with Crippen molar-refractivity contribution in [2.24, 2.45) is 0 Å². The van der Waals surface area contributed by atoms with Gasteiger partial charge in [0.05, 0.1) is 23.7 Å². The van der Waals surface area contributed by atoms with Gasteiger partial charge in [0, 0.05) is 17.7 Å². The van der Waals surface area contributed by atoms with Crippen LogP contribution in [0.25, 0.3) is 0 Å². The van der Waals surface area contributed by atoms with Gasteiger partial charge in [-0.3, -0.25) is 19.7 Å². The Morgan fingerprint density at radius 3 is 2.40 bits per heavy atom. The molecule has 0 radical (unpaired) electrons. The molecule has 0 aromatic heterocycles. The third-order valence-corrected chi connectivity index (χ3v) is 2.21. The van der Waals surface area contributed by atoms with Crippen LogP contribution in [-0.2, 0) is 9.57 Å². The highest BCUT2D eigenvalue weighted by Gasteiger charge is 2.18. The van der Waals surface area contributed by atoms with E-state index in [-0.39, 0.29) is 30.0 Å². The lowest BCUT2D eigenvalue weighted by molar-refractivity contribution is -0.384. The van der Waals surface area contributed by atoms with Crippen LogP contribution in [0.3, 0.4) is 0 Å². The van der Waals surface area contributed by atoms with Crippen LogP contribution in [0.15, 0.2) is 18.2 Å². The molecule has 20 heavy (non-hydrogen) atoms. The summed E-state index contributed by atoms with van der Waals surface area (Å²) in [5.74, 6) is -1.41. The zero-order valence-electron chi connectivity index (χ0n) is 11.0. The van der Waals surface area contributed by atoms with Crippen LogP contribution in [0.1, 0.15) is 34.6 Å². The Kier molecular flexibility index (Phi) is 5.60. The van der Waals surface area contributed by atoms with Gasteiger partial charge in [0.15, 0.2) is 0 Å². The van der Waals surface area contributed by atoms with E-state index in [4.69, 9.17) is 9.57 Å². The SMILES string of the molecule is CCONC(=O)c1cc(C(=O)OCC)cc([N+](=O)[O-])c1. The smallest absolute Gasteiger partial charge is 0.338 e. The van der Waals surface area contributed by atoms with E-state index in [1.165, 1.54) is 6.07 Å². The minimum absolute atomic E-state index is 0.0595. The Morgan fingerprint density at radius 2 is 1.85 bits per heavy atom. The van der Waals surface area contributed by atoms with Crippen molar-refractivity contribution in [3.8, 4) is 0 Å². The molecule has 0 atom stereocenters. The van der Waals surface area contributed by atoms with Crippen molar-refractivity contribution in [3.05, 3.63) is 39.4 Å². The van der Waals surface area contributed by atoms with Gasteiger partial charge in [0.2, 0.25) is 0 Å². The summed E-state index contributed by atoms with van der Waals surface area (Å²) in [7, 11) is 0. The fourth-order valence-corrected chi connectivity index (χ4v) is 1.38. The van der Waals surface area contributed by atoms with Gasteiger partial charge in [-0.1, -0.05) is 0 Å². The van der Waals surface area contributed by atoms with E-state index in [9.17, 15) is 19.7 Å². The quantitative estimate of drug-likeness (QED) is 0.480. The number of hydrogen-bond donors (Lipinski definition) is 1. The van der Waals surface area contributed by atoms with Gasteiger partial charge in [-0.2, -0.15) is 0 Å². The van der Waals surface area contributed by atoms with Gasteiger partial charge in [0.25, 0.3) is 11.6 Å². The molecule has 0 unspecified atom stereocenters. The first kappa shape index (κ1) is 15.6. The summed E-state index contributed by atoms with van der Waals surface area (Å²) in [6, 6.07) is 3.31. The molecule has 1 amide bonds. The molecule has 0 saturated heterocycles. The van der Waals surface area contributed by atoms with Crippen molar-refractivity contribution in [3.63, 3.8) is 0 Å². The fourth-order valence-electron chi connectivity index (χ4n) is 1.38. The number of non-ortho nitro benzene ring substituents is 1. The van der Waals surface area contributed by atoms with E-state index < -0.39 is 16.8 Å². The minimum atomic E-state index is -0.735. The predicted molar refractivity (Wildman–Crippen MR) is 68.1 cm³/mol. The number of nitro benzene ring substituents is 1. The number of benzene rings is 1. The number of rotatable bonds is 6. The van der Waals surface area contributed by atoms with E-state index in [0.29, 0.717) is 0 Å². The summed E-state index contributed by atoms with van der Waals surface area (Å²) in [5.41, 5.74) is 1.60. The molecule has 0 heterocycles. The zero-order valence-corrected chi connectivity index (χ0v) is 11.0. The van der Waals surface area contributed by atoms with Crippen LogP contribution in [0.2, 0.25) is 0 Å². The Morgan fingerprint density at radius 1 is 1.20 bits per heavy atom. The second kappa shape index (κ2) is 7.19. The number of nitrogens with zero attached hydrogens (tertiary/aromatic N) is 1. The molecule has 1 N–H and O–H groups in total. The number of ether oxygens (including phenoxy) is 1. The molecule has 1 rings (SSSR count). The number of esters is 1. The highest BCUT2D eigenvalue weighted by Crippen LogP contribution is 2.18. The molecule has 108 valence electrons. The van der Waals surface area contributed by atoms with E-state index in [1.54, 1.807) is 13.8 Å². The summed E-state index contributed by atoms with van der Waals surface area (Å²) >= 11 is 0. The van der Waals surface area contributed by atoms with Crippen molar-refractivity contribution >= 4 is 17.6 Å². The van der Waals surface area contributed by atoms with Crippen molar-refractivity contribution in [2.45, 2.75) is 13.8 Å². The Bertz CT molecular complexity index is 529. The largest absolute Gasteiger partial charge is 0.462 e. The molecule has 0 spiro atoms. The maximum absolute atomic E-state index is 11.7. The monoisotopic (exact) mass is 282 g/mol. The predicted octanol–water partition coefficient (Wildman–Crippen LogP) is 1.45. The standard InChI is InChI=1S/C12H14N2O6/c1-3-19-12(16)9-5-8(11(15)13-20-4-2)6-10(7-9)14(17)18/h5-7H,3-4H2,1-2H3,(H,13,15). The molecule has 0 aliphatic carbocycles. The summed E-state index contributed by atoms with van der Waals surface area (Å²) in [5, 5.41) is 10.8. The lowest BCUT2D eigenvalue weighted by atomic mass is 10.1. The molecular formula is C12H14N2O6. The third-order valence-electron chi connectivity index (χ3n) is 2.21. The van der Waals surface area contributed by atoms with E-state index in [1.807, 2.05) is 0 Å². The van der Waals surface area contributed by atoms with Crippen LogP contribution < -0.4 is 5.48 Å². The van der Waals surface area contributed by atoms with Crippen LogP contribution in [0.5, 0.6) is 0 Å². The number of amides is 1. The molecule has 0 fully saturated rings. The van der Waals surface area contributed by atoms with Gasteiger partial charge in [0.1, 0.15) is 0 Å². The molecule has 8 nitrogen and oxygen atoms in total. The van der Waals surface area contributed by atoms with Crippen LogP contribution in [-0.4, -0.2) is 30.0 Å². The van der Waals surface area contributed by atoms with Crippen LogP contribution >= 0.6 is 0 Å². The molecule has 1 aromatic rings. The summed E-state index contributed by atoms with van der Waals surface area (Å²) < 4.78 is 4.75. The van der Waals surface area contributed by atoms with Gasteiger partial charge in [-0.25, -0.2) is 10.3 Å². The summed E-state index contributed by atoms with van der Waals surface area (Å²) in [6.07, 6.45) is 0. The average Bonchev–Trinajstić information content (AvgIpc) is 2.44. The lowest BCUT2D eigenvalue weighted by Gasteiger charge is -2.06. The number of hydrogen-bond acceptors (Lipinski definition) is 6. The maximum Gasteiger partial charge on any atom is 0.338 e. The normalized spacial score (nSPS) is 9.90. The van der Waals surface area contributed by atoms with E-state index >= 15 is 0 Å². The second-order valence-electron chi connectivity index (χ2n) is 3.61. The Balaban J connectivity index is 3.14. The summed E-state index contributed by atoms with van der Waals surface area (Å²) in [6.45, 7) is 3.64. The number of hydroxylamine groups is 1. The van der Waals surface area contributed by atoms with Gasteiger partial charge < -0.3 is 4.74 Å². The fraction of sp³-hybridized carbons (Fsp3) is 0.333. The highest BCUT2D eigenvalue weighted by atomic mass is 16.6. The van der Waals surface area contributed by atoms with Crippen molar-refractivity contribution in [1.29, 1.82) is 0 Å². The molecule has 0 aliphatic rings.